The molecule has 0 aromatic carbocycles. The predicted octanol–water partition coefficient (Wildman–Crippen LogP) is 2.50. The first-order valence-electron chi connectivity index (χ1n) is 4.80. The summed E-state index contributed by atoms with van der Waals surface area (Å²) < 4.78 is 25.4. The molecule has 0 aliphatic heterocycles. The quantitative estimate of drug-likeness (QED) is 0.660. The van der Waals surface area contributed by atoms with Gasteiger partial charge in [0.2, 0.25) is 0 Å². The number of rotatable bonds is 2. The molecule has 0 aromatic heterocycles. The van der Waals surface area contributed by atoms with E-state index in [1.807, 2.05) is 0 Å². The second-order valence-electron chi connectivity index (χ2n) is 4.35. The molecule has 0 amide bonds. The van der Waals surface area contributed by atoms with E-state index < -0.39 is 11.5 Å². The van der Waals surface area contributed by atoms with E-state index in [-0.39, 0.29) is 12.8 Å². The van der Waals surface area contributed by atoms with Crippen LogP contribution in [0, 0.1) is 5.92 Å². The van der Waals surface area contributed by atoms with Crippen LogP contribution in [-0.4, -0.2) is 16.6 Å². The third-order valence-electron chi connectivity index (χ3n) is 2.87. The van der Waals surface area contributed by atoms with Crippen molar-refractivity contribution >= 4 is 0 Å². The molecule has 13 heavy (non-hydrogen) atoms. The van der Waals surface area contributed by atoms with Gasteiger partial charge in [-0.3, -0.25) is 0 Å². The normalized spacial score (nSPS) is 37.8. The number of alkyl halides is 2. The highest BCUT2D eigenvalue weighted by Gasteiger charge is 2.40. The zero-order valence-electron chi connectivity index (χ0n) is 7.47. The Kier molecular flexibility index (Phi) is 1.95. The maximum atomic E-state index is 12.7. The summed E-state index contributed by atoms with van der Waals surface area (Å²) in [6, 6.07) is 0. The van der Waals surface area contributed by atoms with Crippen LogP contribution in [0.5, 0.6) is 0 Å². The fourth-order valence-corrected chi connectivity index (χ4v) is 1.82. The molecule has 1 fully saturated rings. The third kappa shape index (κ3) is 2.27. The van der Waals surface area contributed by atoms with E-state index in [1.165, 1.54) is 6.08 Å². The molecule has 0 radical (unpaired) electrons. The standard InChI is InChI=1S/C10H14F2O/c11-10(12)5-3-9(13,4-6-10)7-8-1-2-8/h3,5,8,13H,1-2,4,6-7H2. The van der Waals surface area contributed by atoms with Gasteiger partial charge >= 0.3 is 0 Å². The summed E-state index contributed by atoms with van der Waals surface area (Å²) in [6.07, 6.45) is 5.10. The first kappa shape index (κ1) is 9.13. The van der Waals surface area contributed by atoms with Gasteiger partial charge < -0.3 is 5.11 Å². The fraction of sp³-hybridized carbons (Fsp3) is 0.800. The highest BCUT2D eigenvalue weighted by molar-refractivity contribution is 5.12. The Bertz CT molecular complexity index is 233. The molecular formula is C10H14F2O. The minimum Gasteiger partial charge on any atom is -0.386 e. The molecule has 1 unspecified atom stereocenters. The summed E-state index contributed by atoms with van der Waals surface area (Å²) >= 11 is 0. The summed E-state index contributed by atoms with van der Waals surface area (Å²) in [4.78, 5) is 0. The van der Waals surface area contributed by atoms with E-state index >= 15 is 0 Å². The van der Waals surface area contributed by atoms with Crippen LogP contribution in [0.2, 0.25) is 0 Å². The second kappa shape index (κ2) is 2.77. The van der Waals surface area contributed by atoms with Crippen LogP contribution in [0.25, 0.3) is 0 Å². The minimum absolute atomic E-state index is 0.201. The van der Waals surface area contributed by atoms with Gasteiger partial charge in [-0.2, -0.15) is 0 Å². The summed E-state index contributed by atoms with van der Waals surface area (Å²) in [6.45, 7) is 0. The Labute approximate surface area is 76.4 Å². The van der Waals surface area contributed by atoms with E-state index in [0.29, 0.717) is 12.3 Å². The SMILES string of the molecule is OC1(CC2CC2)C=CC(F)(F)CC1. The van der Waals surface area contributed by atoms with Crippen LogP contribution in [0.4, 0.5) is 8.78 Å². The van der Waals surface area contributed by atoms with Crippen molar-refractivity contribution in [2.75, 3.05) is 0 Å². The van der Waals surface area contributed by atoms with E-state index in [1.54, 1.807) is 0 Å². The second-order valence-corrected chi connectivity index (χ2v) is 4.35. The van der Waals surface area contributed by atoms with Crippen LogP contribution >= 0.6 is 0 Å². The van der Waals surface area contributed by atoms with Gasteiger partial charge in [0, 0.05) is 6.42 Å². The zero-order valence-corrected chi connectivity index (χ0v) is 7.47. The lowest BCUT2D eigenvalue weighted by molar-refractivity contribution is -0.0169. The molecule has 1 saturated carbocycles. The average molecular weight is 188 g/mol. The van der Waals surface area contributed by atoms with Crippen molar-refractivity contribution in [3.63, 3.8) is 0 Å². The van der Waals surface area contributed by atoms with Crippen molar-refractivity contribution in [3.8, 4) is 0 Å². The van der Waals surface area contributed by atoms with Gasteiger partial charge in [-0.1, -0.05) is 18.9 Å². The van der Waals surface area contributed by atoms with Gasteiger partial charge in [-0.15, -0.1) is 0 Å². The largest absolute Gasteiger partial charge is 0.386 e. The number of allylic oxidation sites excluding steroid dienone is 1. The first-order chi connectivity index (χ1) is 5.99. The Hall–Kier alpha value is -0.440. The Morgan fingerprint density at radius 2 is 1.92 bits per heavy atom. The summed E-state index contributed by atoms with van der Waals surface area (Å²) in [5.74, 6) is -2.13. The van der Waals surface area contributed by atoms with Gasteiger partial charge in [0.25, 0.3) is 5.92 Å². The molecule has 3 heteroatoms. The van der Waals surface area contributed by atoms with E-state index in [0.717, 1.165) is 18.9 Å². The molecule has 1 nitrogen and oxygen atoms in total. The van der Waals surface area contributed by atoms with Crippen LogP contribution in [0.15, 0.2) is 12.2 Å². The topological polar surface area (TPSA) is 20.2 Å². The molecule has 2 aliphatic rings. The predicted molar refractivity (Wildman–Crippen MR) is 45.6 cm³/mol. The van der Waals surface area contributed by atoms with Gasteiger partial charge in [0.15, 0.2) is 0 Å². The smallest absolute Gasteiger partial charge is 0.266 e. The lowest BCUT2D eigenvalue weighted by Crippen LogP contribution is -2.34. The monoisotopic (exact) mass is 188 g/mol. The molecule has 0 spiro atoms. The fourth-order valence-electron chi connectivity index (χ4n) is 1.82. The molecule has 1 N–H and O–H groups in total. The first-order valence-corrected chi connectivity index (χ1v) is 4.80. The van der Waals surface area contributed by atoms with Crippen LogP contribution in [0.3, 0.4) is 0 Å². The molecule has 1 atom stereocenters. The molecule has 0 aromatic rings. The van der Waals surface area contributed by atoms with E-state index in [9.17, 15) is 13.9 Å². The van der Waals surface area contributed by atoms with Crippen molar-refractivity contribution in [3.05, 3.63) is 12.2 Å². The molecule has 0 saturated heterocycles. The third-order valence-corrected chi connectivity index (χ3v) is 2.87. The van der Waals surface area contributed by atoms with Crippen LogP contribution < -0.4 is 0 Å². The summed E-state index contributed by atoms with van der Waals surface area (Å²) in [5.41, 5.74) is -0.942. The lowest BCUT2D eigenvalue weighted by atomic mass is 9.85. The van der Waals surface area contributed by atoms with Gasteiger partial charge in [0.05, 0.1) is 5.60 Å². The number of hydrogen-bond donors (Lipinski definition) is 1. The van der Waals surface area contributed by atoms with Crippen molar-refractivity contribution in [1.82, 2.24) is 0 Å². The van der Waals surface area contributed by atoms with Crippen LogP contribution in [-0.2, 0) is 0 Å². The number of hydrogen-bond acceptors (Lipinski definition) is 1. The van der Waals surface area contributed by atoms with Gasteiger partial charge in [0.1, 0.15) is 0 Å². The van der Waals surface area contributed by atoms with Gasteiger partial charge in [-0.05, 0) is 24.8 Å². The Balaban J connectivity index is 2.00. The summed E-state index contributed by atoms with van der Waals surface area (Å²) in [5, 5.41) is 9.89. The minimum atomic E-state index is -2.70. The lowest BCUT2D eigenvalue weighted by Gasteiger charge is -2.30. The van der Waals surface area contributed by atoms with Crippen molar-refractivity contribution in [1.29, 1.82) is 0 Å². The molecule has 2 aliphatic carbocycles. The maximum absolute atomic E-state index is 12.7. The maximum Gasteiger partial charge on any atom is 0.266 e. The highest BCUT2D eigenvalue weighted by Crippen LogP contribution is 2.42. The zero-order chi connectivity index (χ0) is 9.53. The molecule has 2 rings (SSSR count). The summed E-state index contributed by atoms with van der Waals surface area (Å²) in [7, 11) is 0. The van der Waals surface area contributed by atoms with E-state index in [2.05, 4.69) is 0 Å². The van der Waals surface area contributed by atoms with Crippen molar-refractivity contribution < 1.29 is 13.9 Å². The molecule has 0 heterocycles. The molecule has 0 bridgehead atoms. The molecular weight excluding hydrogens is 174 g/mol. The van der Waals surface area contributed by atoms with Crippen LogP contribution in [0.1, 0.15) is 32.1 Å². The average Bonchev–Trinajstić information content (AvgIpc) is 2.81. The number of aliphatic hydroxyl groups is 1. The highest BCUT2D eigenvalue weighted by atomic mass is 19.3. The Morgan fingerprint density at radius 3 is 2.38 bits per heavy atom. The van der Waals surface area contributed by atoms with E-state index in [4.69, 9.17) is 0 Å². The molecule has 74 valence electrons. The van der Waals surface area contributed by atoms with Crippen molar-refractivity contribution in [2.45, 2.75) is 43.6 Å². The van der Waals surface area contributed by atoms with Crippen molar-refractivity contribution in [2.24, 2.45) is 5.92 Å². The number of halogens is 2. The van der Waals surface area contributed by atoms with Gasteiger partial charge in [-0.25, -0.2) is 8.78 Å². The Morgan fingerprint density at radius 1 is 1.23 bits per heavy atom.